The van der Waals surface area contributed by atoms with Gasteiger partial charge in [0.2, 0.25) is 0 Å². The second-order valence-corrected chi connectivity index (χ2v) is 9.43. The van der Waals surface area contributed by atoms with Gasteiger partial charge in [0.15, 0.2) is 6.10 Å². The zero-order valence-corrected chi connectivity index (χ0v) is 19.9. The Hall–Kier alpha value is -3.80. The number of alkyl carbamates (subject to hydrolysis) is 1. The van der Waals surface area contributed by atoms with Crippen molar-refractivity contribution in [3.63, 3.8) is 0 Å². The van der Waals surface area contributed by atoms with Gasteiger partial charge >= 0.3 is 6.09 Å². The normalized spacial score (nSPS) is 16.1. The Bertz CT molecular complexity index is 1120. The van der Waals surface area contributed by atoms with E-state index in [1.54, 1.807) is 6.92 Å². The highest BCUT2D eigenvalue weighted by molar-refractivity contribution is 5.97. The van der Waals surface area contributed by atoms with Crippen molar-refractivity contribution in [2.24, 2.45) is 0 Å². The van der Waals surface area contributed by atoms with Gasteiger partial charge in [-0.15, -0.1) is 0 Å². The Kier molecular flexibility index (Phi) is 6.59. The second kappa shape index (κ2) is 9.59. The summed E-state index contributed by atoms with van der Waals surface area (Å²) in [4.78, 5) is 25.2. The van der Waals surface area contributed by atoms with Crippen LogP contribution >= 0.6 is 0 Å². The molecule has 1 heterocycles. The number of anilines is 1. The van der Waals surface area contributed by atoms with Crippen LogP contribution in [0.2, 0.25) is 0 Å². The molecule has 6 nitrogen and oxygen atoms in total. The molecule has 0 spiro atoms. The molecule has 4 rings (SSSR count). The van der Waals surface area contributed by atoms with Gasteiger partial charge in [0.25, 0.3) is 5.91 Å². The van der Waals surface area contributed by atoms with Gasteiger partial charge in [0.05, 0.1) is 11.7 Å². The highest BCUT2D eigenvalue weighted by Gasteiger charge is 2.32. The quantitative estimate of drug-likeness (QED) is 0.506. The number of ether oxygens (including phenoxy) is 2. The molecule has 0 aliphatic carbocycles. The molecule has 2 unspecified atom stereocenters. The zero-order valence-electron chi connectivity index (χ0n) is 19.9. The topological polar surface area (TPSA) is 76.7 Å². The molecule has 176 valence electrons. The van der Waals surface area contributed by atoms with Crippen molar-refractivity contribution in [3.05, 3.63) is 95.6 Å². The summed E-state index contributed by atoms with van der Waals surface area (Å²) in [5.74, 6) is 0.193. The standard InChI is InChI=1S/C28H30N2O4/c1-18-26(31)29-22-17-21(15-16-23(22)33-18)25(30-27(32)34-28(2,3)4)24(19-11-7-5-8-12-19)20-13-9-6-10-14-20/h5-18,24-25H,1-4H3,(H,29,31)(H,30,32). The van der Waals surface area contributed by atoms with Gasteiger partial charge < -0.3 is 20.1 Å². The average molecular weight is 459 g/mol. The molecule has 1 aliphatic heterocycles. The van der Waals surface area contributed by atoms with E-state index in [4.69, 9.17) is 9.47 Å². The van der Waals surface area contributed by atoms with Crippen LogP contribution in [0.3, 0.4) is 0 Å². The van der Waals surface area contributed by atoms with Crippen molar-refractivity contribution < 1.29 is 19.1 Å². The molecule has 0 saturated heterocycles. The summed E-state index contributed by atoms with van der Waals surface area (Å²) < 4.78 is 11.3. The Balaban J connectivity index is 1.81. The van der Waals surface area contributed by atoms with Crippen molar-refractivity contribution in [3.8, 4) is 5.75 Å². The van der Waals surface area contributed by atoms with E-state index in [1.165, 1.54) is 0 Å². The molecule has 0 radical (unpaired) electrons. The maximum Gasteiger partial charge on any atom is 0.408 e. The largest absolute Gasteiger partial charge is 0.479 e. The Morgan fingerprint density at radius 2 is 1.53 bits per heavy atom. The first-order valence-corrected chi connectivity index (χ1v) is 11.4. The van der Waals surface area contributed by atoms with E-state index in [-0.39, 0.29) is 11.8 Å². The van der Waals surface area contributed by atoms with Crippen LogP contribution < -0.4 is 15.4 Å². The summed E-state index contributed by atoms with van der Waals surface area (Å²) in [6, 6.07) is 25.2. The van der Waals surface area contributed by atoms with Crippen LogP contribution in [0.25, 0.3) is 0 Å². The molecule has 0 fully saturated rings. The van der Waals surface area contributed by atoms with E-state index >= 15 is 0 Å². The molecule has 2 N–H and O–H groups in total. The van der Waals surface area contributed by atoms with Crippen molar-refractivity contribution >= 4 is 17.7 Å². The number of rotatable bonds is 5. The van der Waals surface area contributed by atoms with E-state index in [0.717, 1.165) is 16.7 Å². The molecule has 2 amide bonds. The molecule has 6 heteroatoms. The van der Waals surface area contributed by atoms with Gasteiger partial charge in [-0.3, -0.25) is 4.79 Å². The number of benzene rings is 3. The number of amides is 2. The molecule has 3 aromatic carbocycles. The Labute approximate surface area is 200 Å². The average Bonchev–Trinajstić information content (AvgIpc) is 2.79. The van der Waals surface area contributed by atoms with Crippen LogP contribution in [0, 0.1) is 0 Å². The van der Waals surface area contributed by atoms with E-state index in [9.17, 15) is 9.59 Å². The van der Waals surface area contributed by atoms with Gasteiger partial charge in [0, 0.05) is 5.92 Å². The third kappa shape index (κ3) is 5.39. The minimum absolute atomic E-state index is 0.202. The predicted octanol–water partition coefficient (Wildman–Crippen LogP) is 5.80. The molecule has 0 aromatic heterocycles. The first-order chi connectivity index (χ1) is 16.2. The highest BCUT2D eigenvalue weighted by atomic mass is 16.6. The fourth-order valence-electron chi connectivity index (χ4n) is 4.11. The van der Waals surface area contributed by atoms with Crippen LogP contribution in [-0.4, -0.2) is 23.7 Å². The Morgan fingerprint density at radius 3 is 2.09 bits per heavy atom. The summed E-state index contributed by atoms with van der Waals surface area (Å²) in [7, 11) is 0. The zero-order chi connectivity index (χ0) is 24.3. The molecular weight excluding hydrogens is 428 g/mol. The minimum atomic E-state index is -0.641. The smallest absolute Gasteiger partial charge is 0.408 e. The van der Waals surface area contributed by atoms with E-state index in [2.05, 4.69) is 10.6 Å². The first kappa shape index (κ1) is 23.4. The minimum Gasteiger partial charge on any atom is -0.479 e. The van der Waals surface area contributed by atoms with Gasteiger partial charge in [-0.2, -0.15) is 0 Å². The van der Waals surface area contributed by atoms with E-state index < -0.39 is 23.8 Å². The summed E-state index contributed by atoms with van der Waals surface area (Å²) in [6.07, 6.45) is -1.07. The monoisotopic (exact) mass is 458 g/mol. The van der Waals surface area contributed by atoms with Crippen LogP contribution in [0.1, 0.15) is 56.3 Å². The van der Waals surface area contributed by atoms with Crippen LogP contribution in [0.15, 0.2) is 78.9 Å². The number of carbonyl (C=O) groups excluding carboxylic acids is 2. The van der Waals surface area contributed by atoms with Gasteiger partial charge in [-0.1, -0.05) is 66.7 Å². The van der Waals surface area contributed by atoms with Crippen LogP contribution in [-0.2, 0) is 9.53 Å². The lowest BCUT2D eigenvalue weighted by Crippen LogP contribution is -2.38. The third-order valence-electron chi connectivity index (χ3n) is 5.62. The molecule has 1 aliphatic rings. The molecule has 0 bridgehead atoms. The summed E-state index contributed by atoms with van der Waals surface area (Å²) >= 11 is 0. The number of carbonyl (C=O) groups is 2. The van der Waals surface area contributed by atoms with Crippen molar-refractivity contribution in [1.82, 2.24) is 5.32 Å². The molecular formula is C28H30N2O4. The fraction of sp³-hybridized carbons (Fsp3) is 0.286. The maximum absolute atomic E-state index is 13.0. The predicted molar refractivity (Wildman–Crippen MR) is 132 cm³/mol. The number of hydrogen-bond donors (Lipinski definition) is 2. The Morgan fingerprint density at radius 1 is 0.941 bits per heavy atom. The van der Waals surface area contributed by atoms with E-state index in [0.29, 0.717) is 11.4 Å². The lowest BCUT2D eigenvalue weighted by Gasteiger charge is -2.32. The van der Waals surface area contributed by atoms with Gasteiger partial charge in [-0.25, -0.2) is 4.79 Å². The van der Waals surface area contributed by atoms with Crippen molar-refractivity contribution in [2.75, 3.05) is 5.32 Å². The number of hydrogen-bond acceptors (Lipinski definition) is 4. The van der Waals surface area contributed by atoms with Crippen LogP contribution in [0.4, 0.5) is 10.5 Å². The lowest BCUT2D eigenvalue weighted by molar-refractivity contribution is -0.122. The van der Waals surface area contributed by atoms with Gasteiger partial charge in [0.1, 0.15) is 11.4 Å². The van der Waals surface area contributed by atoms with Crippen LogP contribution in [0.5, 0.6) is 5.75 Å². The van der Waals surface area contributed by atoms with E-state index in [1.807, 2.05) is 99.6 Å². The molecule has 0 saturated carbocycles. The second-order valence-electron chi connectivity index (χ2n) is 9.43. The number of fused-ring (bicyclic) bond motifs is 1. The van der Waals surface area contributed by atoms with Gasteiger partial charge in [-0.05, 0) is 56.5 Å². The molecule has 2 atom stereocenters. The SMILES string of the molecule is CC1Oc2ccc(C(NC(=O)OC(C)(C)C)C(c3ccccc3)c3ccccc3)cc2NC1=O. The molecule has 3 aromatic rings. The maximum atomic E-state index is 13.0. The number of nitrogens with one attached hydrogen (secondary N) is 2. The third-order valence-corrected chi connectivity index (χ3v) is 5.62. The van der Waals surface area contributed by atoms with Crippen molar-refractivity contribution in [1.29, 1.82) is 0 Å². The summed E-state index contributed by atoms with van der Waals surface area (Å²) in [5, 5.41) is 6.01. The first-order valence-electron chi connectivity index (χ1n) is 11.4. The lowest BCUT2D eigenvalue weighted by atomic mass is 9.81. The summed E-state index contributed by atoms with van der Waals surface area (Å²) in [5.41, 5.74) is 2.84. The fourth-order valence-corrected chi connectivity index (χ4v) is 4.11. The molecule has 34 heavy (non-hydrogen) atoms. The van der Waals surface area contributed by atoms with Crippen molar-refractivity contribution in [2.45, 2.75) is 51.4 Å². The summed E-state index contributed by atoms with van der Waals surface area (Å²) in [6.45, 7) is 7.21. The highest BCUT2D eigenvalue weighted by Crippen LogP contribution is 2.40.